The van der Waals surface area contributed by atoms with E-state index in [0.29, 0.717) is 6.67 Å². The molecule has 0 unspecified atom stereocenters. The largest absolute Gasteiger partial charge is 0.379 e. The first-order valence-electron chi connectivity index (χ1n) is 5.72. The molecule has 6 nitrogen and oxygen atoms in total. The average molecular weight is 230 g/mol. The minimum Gasteiger partial charge on any atom is -0.379 e. The Hall–Kier alpha value is -0.850. The van der Waals surface area contributed by atoms with E-state index < -0.39 is 0 Å². The maximum Gasteiger partial charge on any atom is 0.334 e. The molecule has 6 heteroatoms. The molecule has 16 heavy (non-hydrogen) atoms. The Balaban J connectivity index is 2.45. The van der Waals surface area contributed by atoms with Crippen LogP contribution in [0, 0.1) is 0 Å². The molecule has 1 aliphatic heterocycles. The van der Waals surface area contributed by atoms with E-state index in [1.54, 1.807) is 11.9 Å². The standard InChI is InChI=1S/C10H22N4O2/c1-3-4-14(10(15)12(2)11)9-13-5-7-16-8-6-13/h3-9,11H2,1-2H3. The monoisotopic (exact) mass is 230 g/mol. The van der Waals surface area contributed by atoms with Crippen molar-refractivity contribution in [1.29, 1.82) is 0 Å². The zero-order valence-electron chi connectivity index (χ0n) is 10.2. The number of nitrogens with zero attached hydrogens (tertiary/aromatic N) is 3. The molecule has 94 valence electrons. The van der Waals surface area contributed by atoms with Gasteiger partial charge in [0, 0.05) is 26.7 Å². The molecule has 0 spiro atoms. The van der Waals surface area contributed by atoms with Crippen molar-refractivity contribution in [1.82, 2.24) is 14.8 Å². The molecule has 2 N–H and O–H groups in total. The number of amides is 2. The lowest BCUT2D eigenvalue weighted by Gasteiger charge is -2.33. The van der Waals surface area contributed by atoms with Gasteiger partial charge in [-0.25, -0.2) is 10.6 Å². The van der Waals surface area contributed by atoms with Gasteiger partial charge in [-0.05, 0) is 6.42 Å². The Morgan fingerprint density at radius 3 is 2.56 bits per heavy atom. The van der Waals surface area contributed by atoms with Crippen LogP contribution in [0.4, 0.5) is 4.79 Å². The van der Waals surface area contributed by atoms with Crippen LogP contribution in [-0.2, 0) is 4.74 Å². The smallest absolute Gasteiger partial charge is 0.334 e. The summed E-state index contributed by atoms with van der Waals surface area (Å²) in [6.45, 7) is 6.66. The topological polar surface area (TPSA) is 62.0 Å². The van der Waals surface area contributed by atoms with Gasteiger partial charge in [0.1, 0.15) is 0 Å². The second-order valence-corrected chi connectivity index (χ2v) is 4.03. The predicted molar refractivity (Wildman–Crippen MR) is 61.6 cm³/mol. The molecule has 1 saturated heterocycles. The summed E-state index contributed by atoms with van der Waals surface area (Å²) in [6, 6.07) is -0.131. The highest BCUT2D eigenvalue weighted by Gasteiger charge is 2.19. The predicted octanol–water partition coefficient (Wildman–Crippen LogP) is -0.0864. The highest BCUT2D eigenvalue weighted by molar-refractivity contribution is 5.73. The van der Waals surface area contributed by atoms with Crippen molar-refractivity contribution in [3.63, 3.8) is 0 Å². The van der Waals surface area contributed by atoms with E-state index in [1.165, 1.54) is 0 Å². The first-order valence-corrected chi connectivity index (χ1v) is 5.72. The molecule has 1 aliphatic rings. The lowest BCUT2D eigenvalue weighted by atomic mass is 10.4. The van der Waals surface area contributed by atoms with Crippen LogP contribution in [0.15, 0.2) is 0 Å². The highest BCUT2D eigenvalue weighted by atomic mass is 16.5. The van der Waals surface area contributed by atoms with Crippen LogP contribution in [0.25, 0.3) is 0 Å². The van der Waals surface area contributed by atoms with E-state index in [1.807, 2.05) is 0 Å². The number of hydrazine groups is 1. The maximum absolute atomic E-state index is 11.8. The minimum atomic E-state index is -0.131. The van der Waals surface area contributed by atoms with E-state index in [4.69, 9.17) is 10.6 Å². The summed E-state index contributed by atoms with van der Waals surface area (Å²) in [5, 5.41) is 1.14. The summed E-state index contributed by atoms with van der Waals surface area (Å²) in [5.41, 5.74) is 0. The molecule has 0 atom stereocenters. The molecule has 1 rings (SSSR count). The molecule has 0 aromatic heterocycles. The van der Waals surface area contributed by atoms with Gasteiger partial charge in [-0.15, -0.1) is 0 Å². The maximum atomic E-state index is 11.8. The molecule has 1 heterocycles. The molecule has 0 aromatic rings. The first-order chi connectivity index (χ1) is 7.65. The second-order valence-electron chi connectivity index (χ2n) is 4.03. The van der Waals surface area contributed by atoms with Crippen LogP contribution in [-0.4, -0.2) is 67.4 Å². The normalized spacial score (nSPS) is 17.2. The molecule has 2 amide bonds. The Kier molecular flexibility index (Phi) is 5.51. The molecule has 0 bridgehead atoms. The van der Waals surface area contributed by atoms with E-state index in [9.17, 15) is 4.79 Å². The fourth-order valence-corrected chi connectivity index (χ4v) is 1.70. The number of carbonyl (C=O) groups excluding carboxylic acids is 1. The lowest BCUT2D eigenvalue weighted by Crippen LogP contribution is -2.51. The number of ether oxygens (including phenoxy) is 1. The van der Waals surface area contributed by atoms with Gasteiger partial charge in [-0.3, -0.25) is 9.91 Å². The van der Waals surface area contributed by atoms with Crippen LogP contribution in [0.5, 0.6) is 0 Å². The van der Waals surface area contributed by atoms with Crippen LogP contribution in [0.1, 0.15) is 13.3 Å². The summed E-state index contributed by atoms with van der Waals surface area (Å²) in [6.07, 6.45) is 0.934. The Labute approximate surface area is 96.9 Å². The third-order valence-corrected chi connectivity index (χ3v) is 2.54. The Morgan fingerprint density at radius 2 is 2.06 bits per heavy atom. The molecular weight excluding hydrogens is 208 g/mol. The summed E-state index contributed by atoms with van der Waals surface area (Å²) in [7, 11) is 1.57. The van der Waals surface area contributed by atoms with Crippen molar-refractivity contribution in [2.75, 3.05) is 46.6 Å². The van der Waals surface area contributed by atoms with Crippen molar-refractivity contribution >= 4 is 6.03 Å². The Morgan fingerprint density at radius 1 is 1.44 bits per heavy atom. The molecule has 0 saturated carbocycles. The van der Waals surface area contributed by atoms with Gasteiger partial charge in [0.2, 0.25) is 0 Å². The van der Waals surface area contributed by atoms with E-state index in [-0.39, 0.29) is 6.03 Å². The molecule has 1 fully saturated rings. The van der Waals surface area contributed by atoms with Crippen molar-refractivity contribution in [3.8, 4) is 0 Å². The minimum absolute atomic E-state index is 0.131. The summed E-state index contributed by atoms with van der Waals surface area (Å²) in [5.74, 6) is 5.47. The summed E-state index contributed by atoms with van der Waals surface area (Å²) >= 11 is 0. The van der Waals surface area contributed by atoms with Crippen LogP contribution in [0.3, 0.4) is 0 Å². The molecule has 0 aromatic carbocycles. The average Bonchev–Trinajstić information content (AvgIpc) is 2.29. The summed E-state index contributed by atoms with van der Waals surface area (Å²) in [4.78, 5) is 15.8. The number of morpholine rings is 1. The van der Waals surface area contributed by atoms with Crippen molar-refractivity contribution < 1.29 is 9.53 Å². The van der Waals surface area contributed by atoms with Gasteiger partial charge in [0.25, 0.3) is 0 Å². The number of urea groups is 1. The zero-order valence-corrected chi connectivity index (χ0v) is 10.2. The van der Waals surface area contributed by atoms with E-state index in [0.717, 1.165) is 44.3 Å². The fraction of sp³-hybridized carbons (Fsp3) is 0.900. The van der Waals surface area contributed by atoms with Crippen molar-refractivity contribution in [2.24, 2.45) is 5.84 Å². The van der Waals surface area contributed by atoms with Crippen molar-refractivity contribution in [2.45, 2.75) is 13.3 Å². The first kappa shape index (κ1) is 13.2. The number of hydrogen-bond acceptors (Lipinski definition) is 4. The van der Waals surface area contributed by atoms with Crippen LogP contribution >= 0.6 is 0 Å². The van der Waals surface area contributed by atoms with Gasteiger partial charge >= 0.3 is 6.03 Å². The van der Waals surface area contributed by atoms with Gasteiger partial charge in [0.15, 0.2) is 0 Å². The number of carbonyl (C=O) groups is 1. The number of rotatable bonds is 4. The third kappa shape index (κ3) is 3.96. The van der Waals surface area contributed by atoms with Gasteiger partial charge in [-0.2, -0.15) is 0 Å². The van der Waals surface area contributed by atoms with Crippen LogP contribution in [0.2, 0.25) is 0 Å². The number of hydrogen-bond donors (Lipinski definition) is 1. The molecule has 0 radical (unpaired) electrons. The van der Waals surface area contributed by atoms with Gasteiger partial charge in [0.05, 0.1) is 19.9 Å². The SMILES string of the molecule is CCCN(CN1CCOCC1)C(=O)N(C)N. The second kappa shape index (κ2) is 6.67. The fourth-order valence-electron chi connectivity index (χ4n) is 1.70. The van der Waals surface area contributed by atoms with Crippen LogP contribution < -0.4 is 5.84 Å². The quantitative estimate of drug-likeness (QED) is 0.417. The van der Waals surface area contributed by atoms with Crippen molar-refractivity contribution in [3.05, 3.63) is 0 Å². The lowest BCUT2D eigenvalue weighted by molar-refractivity contribution is 0.0143. The van der Waals surface area contributed by atoms with Gasteiger partial charge < -0.3 is 9.64 Å². The third-order valence-electron chi connectivity index (χ3n) is 2.54. The molecule has 0 aliphatic carbocycles. The Bertz CT molecular complexity index is 217. The highest BCUT2D eigenvalue weighted by Crippen LogP contribution is 2.02. The molecular formula is C10H22N4O2. The zero-order chi connectivity index (χ0) is 12.0. The van der Waals surface area contributed by atoms with E-state index in [2.05, 4.69) is 11.8 Å². The summed E-state index contributed by atoms with van der Waals surface area (Å²) < 4.78 is 5.27. The van der Waals surface area contributed by atoms with E-state index >= 15 is 0 Å². The van der Waals surface area contributed by atoms with Gasteiger partial charge in [-0.1, -0.05) is 6.92 Å². The number of nitrogens with two attached hydrogens (primary N) is 1.